The van der Waals surface area contributed by atoms with Crippen LogP contribution in [0.15, 0.2) is 6.20 Å². The first-order chi connectivity index (χ1) is 10.5. The van der Waals surface area contributed by atoms with Crippen molar-refractivity contribution in [1.82, 2.24) is 14.9 Å². The van der Waals surface area contributed by atoms with Gasteiger partial charge >= 0.3 is 5.82 Å². The van der Waals surface area contributed by atoms with E-state index in [-0.39, 0.29) is 30.4 Å². The number of carbonyl (C=O) groups is 1. The lowest BCUT2D eigenvalue weighted by molar-refractivity contribution is -0.389. The minimum Gasteiger partial charge on any atom is -0.379 e. The van der Waals surface area contributed by atoms with Crippen molar-refractivity contribution in [2.75, 3.05) is 7.11 Å². The number of hydrogen-bond acceptors (Lipinski definition) is 5. The third-order valence-corrected chi connectivity index (χ3v) is 4.07. The molecule has 0 aromatic carbocycles. The number of imidazole rings is 1. The van der Waals surface area contributed by atoms with Gasteiger partial charge in [0, 0.05) is 14.0 Å². The van der Waals surface area contributed by atoms with Crippen LogP contribution in [0, 0.1) is 17.0 Å². The number of rotatable bonds is 5. The van der Waals surface area contributed by atoms with Crippen LogP contribution in [0.5, 0.6) is 0 Å². The Hall–Kier alpha value is -1.96. The molecule has 2 unspecified atom stereocenters. The Morgan fingerprint density at radius 2 is 2.23 bits per heavy atom. The Morgan fingerprint density at radius 1 is 1.50 bits per heavy atom. The lowest BCUT2D eigenvalue weighted by atomic mass is 10.1. The highest BCUT2D eigenvalue weighted by atomic mass is 16.6. The molecule has 1 fully saturated rings. The van der Waals surface area contributed by atoms with E-state index in [1.54, 1.807) is 14.0 Å². The van der Waals surface area contributed by atoms with Crippen LogP contribution in [-0.4, -0.2) is 39.6 Å². The van der Waals surface area contributed by atoms with Gasteiger partial charge in [0.15, 0.2) is 0 Å². The molecule has 22 heavy (non-hydrogen) atoms. The molecule has 8 nitrogen and oxygen atoms in total. The molecular formula is C14H22N4O4. The van der Waals surface area contributed by atoms with Gasteiger partial charge in [-0.3, -0.25) is 9.36 Å². The van der Waals surface area contributed by atoms with Crippen LogP contribution in [0.25, 0.3) is 0 Å². The first-order valence-electron chi connectivity index (χ1n) is 7.51. The molecule has 1 aromatic heterocycles. The third kappa shape index (κ3) is 4.03. The van der Waals surface area contributed by atoms with Crippen molar-refractivity contribution in [3.63, 3.8) is 0 Å². The molecule has 122 valence electrons. The molecule has 1 amide bonds. The van der Waals surface area contributed by atoms with Crippen molar-refractivity contribution in [2.24, 2.45) is 0 Å². The molecule has 0 aliphatic heterocycles. The standard InChI is InChI=1S/C14H22N4O4/c1-10-15-13(18(20)21)8-17(10)9-14(19)16-11-6-4-3-5-7-12(11)22-2/h8,11-12H,3-7,9H2,1-2H3,(H,16,19). The number of amides is 1. The van der Waals surface area contributed by atoms with E-state index in [1.807, 2.05) is 0 Å². The summed E-state index contributed by atoms with van der Waals surface area (Å²) in [5.74, 6) is 0.0323. The lowest BCUT2D eigenvalue weighted by Crippen LogP contribution is -2.44. The fourth-order valence-electron chi connectivity index (χ4n) is 2.87. The van der Waals surface area contributed by atoms with Crippen molar-refractivity contribution in [2.45, 2.75) is 57.7 Å². The smallest absolute Gasteiger partial charge is 0.379 e. The Balaban J connectivity index is 1.98. The molecular weight excluding hydrogens is 288 g/mol. The largest absolute Gasteiger partial charge is 0.381 e. The number of methoxy groups -OCH3 is 1. The third-order valence-electron chi connectivity index (χ3n) is 4.07. The maximum Gasteiger partial charge on any atom is 0.381 e. The summed E-state index contributed by atoms with van der Waals surface area (Å²) in [5.41, 5.74) is 0. The number of nitro groups is 1. The van der Waals surface area contributed by atoms with Crippen LogP contribution in [-0.2, 0) is 16.1 Å². The van der Waals surface area contributed by atoms with Crippen molar-refractivity contribution in [1.29, 1.82) is 0 Å². The van der Waals surface area contributed by atoms with Gasteiger partial charge in [0.2, 0.25) is 11.7 Å². The van der Waals surface area contributed by atoms with Crippen molar-refractivity contribution < 1.29 is 14.5 Å². The predicted molar refractivity (Wildman–Crippen MR) is 79.4 cm³/mol. The molecule has 1 aromatic rings. The molecule has 8 heteroatoms. The average Bonchev–Trinajstić information content (AvgIpc) is 2.70. The van der Waals surface area contributed by atoms with Crippen molar-refractivity contribution in [3.8, 4) is 0 Å². The first-order valence-corrected chi connectivity index (χ1v) is 7.51. The fraction of sp³-hybridized carbons (Fsp3) is 0.714. The summed E-state index contributed by atoms with van der Waals surface area (Å²) in [5, 5.41) is 13.7. The van der Waals surface area contributed by atoms with Gasteiger partial charge in [-0.2, -0.15) is 0 Å². The monoisotopic (exact) mass is 310 g/mol. The molecule has 1 aliphatic rings. The molecule has 2 atom stereocenters. The number of nitrogens with one attached hydrogen (secondary N) is 1. The van der Waals surface area contributed by atoms with E-state index in [0.29, 0.717) is 5.82 Å². The van der Waals surface area contributed by atoms with Crippen LogP contribution >= 0.6 is 0 Å². The Bertz CT molecular complexity index is 543. The summed E-state index contributed by atoms with van der Waals surface area (Å²) in [6.07, 6.45) is 6.49. The van der Waals surface area contributed by atoms with Crippen LogP contribution < -0.4 is 5.32 Å². The SMILES string of the molecule is COC1CCCCCC1NC(=O)Cn1cc([N+](=O)[O-])nc1C. The van der Waals surface area contributed by atoms with Gasteiger partial charge in [-0.25, -0.2) is 0 Å². The number of carbonyl (C=O) groups excluding carboxylic acids is 1. The van der Waals surface area contributed by atoms with E-state index in [9.17, 15) is 14.9 Å². The minimum atomic E-state index is -0.562. The summed E-state index contributed by atoms with van der Waals surface area (Å²) in [4.78, 5) is 26.2. The average molecular weight is 310 g/mol. The summed E-state index contributed by atoms with van der Waals surface area (Å²) < 4.78 is 6.96. The summed E-state index contributed by atoms with van der Waals surface area (Å²) in [6.45, 7) is 1.67. The van der Waals surface area contributed by atoms with E-state index in [0.717, 1.165) is 32.1 Å². The van der Waals surface area contributed by atoms with Gasteiger partial charge in [-0.05, 0) is 22.7 Å². The number of nitrogens with zero attached hydrogens (tertiary/aromatic N) is 3. The Labute approximate surface area is 129 Å². The molecule has 0 spiro atoms. The Morgan fingerprint density at radius 3 is 2.86 bits per heavy atom. The molecule has 2 rings (SSSR count). The van der Waals surface area contributed by atoms with E-state index < -0.39 is 4.92 Å². The number of aryl methyl sites for hydroxylation is 1. The van der Waals surface area contributed by atoms with Gasteiger partial charge in [0.05, 0.1) is 12.1 Å². The van der Waals surface area contributed by atoms with E-state index in [2.05, 4.69) is 10.3 Å². The van der Waals surface area contributed by atoms with Crippen molar-refractivity contribution in [3.05, 3.63) is 22.1 Å². The van der Waals surface area contributed by atoms with Gasteiger partial charge in [0.1, 0.15) is 12.7 Å². The van der Waals surface area contributed by atoms with Crippen molar-refractivity contribution >= 4 is 11.7 Å². The van der Waals surface area contributed by atoms with Gasteiger partial charge < -0.3 is 20.2 Å². The number of ether oxygens (including phenoxy) is 1. The van der Waals surface area contributed by atoms with Gasteiger partial charge in [-0.1, -0.05) is 19.3 Å². The minimum absolute atomic E-state index is 0.00110. The molecule has 0 radical (unpaired) electrons. The van der Waals surface area contributed by atoms with E-state index in [4.69, 9.17) is 4.74 Å². The van der Waals surface area contributed by atoms with E-state index >= 15 is 0 Å². The van der Waals surface area contributed by atoms with Crippen LogP contribution in [0.2, 0.25) is 0 Å². The lowest BCUT2D eigenvalue weighted by Gasteiger charge is -2.25. The zero-order valence-corrected chi connectivity index (χ0v) is 12.9. The second-order valence-electron chi connectivity index (χ2n) is 5.62. The zero-order valence-electron chi connectivity index (χ0n) is 12.9. The highest BCUT2D eigenvalue weighted by Gasteiger charge is 2.25. The molecule has 1 N–H and O–H groups in total. The first kappa shape index (κ1) is 16.4. The summed E-state index contributed by atoms with van der Waals surface area (Å²) in [7, 11) is 1.67. The molecule has 1 saturated carbocycles. The molecule has 1 aliphatic carbocycles. The molecule has 0 bridgehead atoms. The quantitative estimate of drug-likeness (QED) is 0.505. The van der Waals surface area contributed by atoms with Gasteiger partial charge in [0.25, 0.3) is 0 Å². The number of hydrogen-bond donors (Lipinski definition) is 1. The van der Waals surface area contributed by atoms with Crippen LogP contribution in [0.3, 0.4) is 0 Å². The normalized spacial score (nSPS) is 22.1. The molecule has 0 saturated heterocycles. The molecule has 1 heterocycles. The van der Waals surface area contributed by atoms with Crippen LogP contribution in [0.1, 0.15) is 37.9 Å². The summed E-state index contributed by atoms with van der Waals surface area (Å²) in [6, 6.07) is -0.00110. The van der Waals surface area contributed by atoms with Crippen LogP contribution in [0.4, 0.5) is 5.82 Å². The highest BCUT2D eigenvalue weighted by molar-refractivity contribution is 5.76. The number of aromatic nitrogens is 2. The maximum absolute atomic E-state index is 12.2. The predicted octanol–water partition coefficient (Wildman–Crippen LogP) is 1.56. The second kappa shape index (κ2) is 7.35. The fourth-order valence-corrected chi connectivity index (χ4v) is 2.87. The topological polar surface area (TPSA) is 99.3 Å². The van der Waals surface area contributed by atoms with E-state index in [1.165, 1.54) is 10.8 Å². The highest BCUT2D eigenvalue weighted by Crippen LogP contribution is 2.20. The summed E-state index contributed by atoms with van der Waals surface area (Å²) >= 11 is 0. The maximum atomic E-state index is 12.2. The Kier molecular flexibility index (Phi) is 5.48. The zero-order chi connectivity index (χ0) is 16.1. The second-order valence-corrected chi connectivity index (χ2v) is 5.62. The van der Waals surface area contributed by atoms with Gasteiger partial charge in [-0.15, -0.1) is 0 Å².